The average molecular weight is 265 g/mol. The molecular weight excluding hydrogens is 234 g/mol. The molecule has 19 heavy (non-hydrogen) atoms. The lowest BCUT2D eigenvalue weighted by Crippen LogP contribution is -2.60. The molecule has 0 aromatic heterocycles. The molecule has 0 saturated carbocycles. The molecule has 110 valence electrons. The molecule has 3 fully saturated rings. The van der Waals surface area contributed by atoms with E-state index < -0.39 is 0 Å². The number of likely N-dealkylation sites (tertiary alicyclic amines) is 3. The van der Waals surface area contributed by atoms with Gasteiger partial charge in [-0.05, 0) is 47.1 Å². The van der Waals surface area contributed by atoms with Crippen LogP contribution in [0.4, 0.5) is 0 Å². The highest BCUT2D eigenvalue weighted by atomic mass is 15.3. The summed E-state index contributed by atoms with van der Waals surface area (Å²) in [5.74, 6) is 0. The summed E-state index contributed by atoms with van der Waals surface area (Å²) in [6, 6.07) is 2.30. The van der Waals surface area contributed by atoms with Crippen LogP contribution in [0, 0.1) is 5.41 Å². The Kier molecular flexibility index (Phi) is 3.65. The van der Waals surface area contributed by atoms with E-state index in [1.807, 2.05) is 0 Å². The molecule has 0 N–H and O–H groups in total. The lowest BCUT2D eigenvalue weighted by molar-refractivity contribution is -0.0165. The van der Waals surface area contributed by atoms with Crippen molar-refractivity contribution < 1.29 is 0 Å². The van der Waals surface area contributed by atoms with Crippen LogP contribution in [0.1, 0.15) is 40.5 Å². The fourth-order valence-electron chi connectivity index (χ4n) is 4.26. The summed E-state index contributed by atoms with van der Waals surface area (Å²) in [7, 11) is 0. The highest BCUT2D eigenvalue weighted by molar-refractivity contribution is 5.04. The SMILES string of the molecule is CC(C)N1CCC(N2CCC3(CN(C(C)C)C3)C2)C1. The Balaban J connectivity index is 1.51. The van der Waals surface area contributed by atoms with E-state index in [0.717, 1.165) is 18.1 Å². The van der Waals surface area contributed by atoms with Gasteiger partial charge in [-0.1, -0.05) is 0 Å². The van der Waals surface area contributed by atoms with Crippen molar-refractivity contribution in [2.45, 2.75) is 58.7 Å². The number of rotatable bonds is 3. The molecule has 0 aromatic carbocycles. The Labute approximate surface area is 118 Å². The third-order valence-corrected chi connectivity index (χ3v) is 5.72. The van der Waals surface area contributed by atoms with Gasteiger partial charge in [-0.15, -0.1) is 0 Å². The number of nitrogens with zero attached hydrogens (tertiary/aromatic N) is 3. The highest BCUT2D eigenvalue weighted by Gasteiger charge is 2.49. The van der Waals surface area contributed by atoms with Crippen LogP contribution in [0.2, 0.25) is 0 Å². The molecule has 0 aliphatic carbocycles. The number of hydrogen-bond donors (Lipinski definition) is 0. The van der Waals surface area contributed by atoms with Gasteiger partial charge in [0.25, 0.3) is 0 Å². The third-order valence-electron chi connectivity index (χ3n) is 5.72. The van der Waals surface area contributed by atoms with E-state index >= 15 is 0 Å². The van der Waals surface area contributed by atoms with E-state index in [2.05, 4.69) is 42.4 Å². The third kappa shape index (κ3) is 2.57. The summed E-state index contributed by atoms with van der Waals surface area (Å²) >= 11 is 0. The van der Waals surface area contributed by atoms with Crippen molar-refractivity contribution in [3.05, 3.63) is 0 Å². The minimum Gasteiger partial charge on any atom is -0.300 e. The zero-order valence-electron chi connectivity index (χ0n) is 13.2. The van der Waals surface area contributed by atoms with Gasteiger partial charge in [0, 0.05) is 56.3 Å². The van der Waals surface area contributed by atoms with Gasteiger partial charge in [-0.2, -0.15) is 0 Å². The molecule has 0 radical (unpaired) electrons. The second-order valence-electron chi connectivity index (χ2n) is 7.75. The predicted molar refractivity (Wildman–Crippen MR) is 80.4 cm³/mol. The van der Waals surface area contributed by atoms with Crippen molar-refractivity contribution in [2.75, 3.05) is 39.3 Å². The first kappa shape index (κ1) is 13.8. The molecule has 3 saturated heterocycles. The first-order valence-corrected chi connectivity index (χ1v) is 8.21. The van der Waals surface area contributed by atoms with Crippen LogP contribution in [0.25, 0.3) is 0 Å². The van der Waals surface area contributed by atoms with Crippen molar-refractivity contribution in [2.24, 2.45) is 5.41 Å². The Morgan fingerprint density at radius 3 is 2.16 bits per heavy atom. The summed E-state index contributed by atoms with van der Waals surface area (Å²) in [5, 5.41) is 0. The van der Waals surface area contributed by atoms with Gasteiger partial charge in [0.2, 0.25) is 0 Å². The molecular formula is C16H31N3. The Hall–Kier alpha value is -0.120. The molecule has 3 heterocycles. The molecule has 3 aliphatic heterocycles. The van der Waals surface area contributed by atoms with Gasteiger partial charge < -0.3 is 0 Å². The van der Waals surface area contributed by atoms with Gasteiger partial charge in [0.05, 0.1) is 0 Å². The smallest absolute Gasteiger partial charge is 0.0235 e. The first-order valence-electron chi connectivity index (χ1n) is 8.21. The molecule has 3 nitrogen and oxygen atoms in total. The summed E-state index contributed by atoms with van der Waals surface area (Å²) in [5.41, 5.74) is 0.662. The van der Waals surface area contributed by atoms with E-state index in [-0.39, 0.29) is 0 Å². The van der Waals surface area contributed by atoms with Crippen LogP contribution < -0.4 is 0 Å². The maximum absolute atomic E-state index is 2.81. The van der Waals surface area contributed by atoms with Gasteiger partial charge in [0.15, 0.2) is 0 Å². The van der Waals surface area contributed by atoms with Crippen LogP contribution in [-0.2, 0) is 0 Å². The van der Waals surface area contributed by atoms with Gasteiger partial charge in [-0.3, -0.25) is 14.7 Å². The quantitative estimate of drug-likeness (QED) is 0.771. The zero-order chi connectivity index (χ0) is 13.6. The van der Waals surface area contributed by atoms with Crippen molar-refractivity contribution in [1.29, 1.82) is 0 Å². The molecule has 1 atom stereocenters. The molecule has 1 spiro atoms. The van der Waals surface area contributed by atoms with E-state index in [1.165, 1.54) is 52.1 Å². The second-order valence-corrected chi connectivity index (χ2v) is 7.75. The lowest BCUT2D eigenvalue weighted by Gasteiger charge is -2.50. The standard InChI is InChI=1S/C16H31N3/c1-13(2)17-7-5-15(9-17)18-8-6-16(10-18)11-19(12-16)14(3)4/h13-15H,5-12H2,1-4H3. The van der Waals surface area contributed by atoms with Crippen molar-refractivity contribution >= 4 is 0 Å². The number of hydrogen-bond acceptors (Lipinski definition) is 3. The van der Waals surface area contributed by atoms with Crippen LogP contribution in [0.15, 0.2) is 0 Å². The molecule has 0 aromatic rings. The molecule has 1 unspecified atom stereocenters. The van der Waals surface area contributed by atoms with Crippen LogP contribution in [0.5, 0.6) is 0 Å². The largest absolute Gasteiger partial charge is 0.300 e. The molecule has 3 rings (SSSR count). The fraction of sp³-hybridized carbons (Fsp3) is 1.00. The second kappa shape index (κ2) is 5.01. The van der Waals surface area contributed by atoms with Crippen LogP contribution >= 0.6 is 0 Å². The summed E-state index contributed by atoms with van der Waals surface area (Å²) in [6.07, 6.45) is 2.83. The summed E-state index contributed by atoms with van der Waals surface area (Å²) in [4.78, 5) is 8.09. The fourth-order valence-corrected chi connectivity index (χ4v) is 4.26. The summed E-state index contributed by atoms with van der Waals surface area (Å²) < 4.78 is 0. The molecule has 0 amide bonds. The van der Waals surface area contributed by atoms with Crippen LogP contribution in [-0.4, -0.2) is 72.1 Å². The highest BCUT2D eigenvalue weighted by Crippen LogP contribution is 2.41. The van der Waals surface area contributed by atoms with Crippen molar-refractivity contribution in [1.82, 2.24) is 14.7 Å². The van der Waals surface area contributed by atoms with Gasteiger partial charge in [-0.25, -0.2) is 0 Å². The van der Waals surface area contributed by atoms with Crippen LogP contribution in [0.3, 0.4) is 0 Å². The Bertz CT molecular complexity index is 320. The van der Waals surface area contributed by atoms with Gasteiger partial charge >= 0.3 is 0 Å². The van der Waals surface area contributed by atoms with E-state index in [0.29, 0.717) is 5.41 Å². The average Bonchev–Trinajstić information content (AvgIpc) is 2.93. The van der Waals surface area contributed by atoms with E-state index in [9.17, 15) is 0 Å². The minimum absolute atomic E-state index is 0.662. The maximum atomic E-state index is 2.81. The minimum atomic E-state index is 0.662. The van der Waals surface area contributed by atoms with Crippen molar-refractivity contribution in [3.8, 4) is 0 Å². The maximum Gasteiger partial charge on any atom is 0.0235 e. The Morgan fingerprint density at radius 2 is 1.58 bits per heavy atom. The lowest BCUT2D eigenvalue weighted by atomic mass is 9.78. The molecule has 3 aliphatic rings. The topological polar surface area (TPSA) is 9.72 Å². The normalized spacial score (nSPS) is 32.8. The molecule has 3 heteroatoms. The summed E-state index contributed by atoms with van der Waals surface area (Å²) in [6.45, 7) is 17.4. The van der Waals surface area contributed by atoms with E-state index in [4.69, 9.17) is 0 Å². The zero-order valence-corrected chi connectivity index (χ0v) is 13.2. The van der Waals surface area contributed by atoms with Gasteiger partial charge in [0.1, 0.15) is 0 Å². The Morgan fingerprint density at radius 1 is 0.895 bits per heavy atom. The predicted octanol–water partition coefficient (Wildman–Crippen LogP) is 1.89. The van der Waals surface area contributed by atoms with E-state index in [1.54, 1.807) is 0 Å². The van der Waals surface area contributed by atoms with Crippen molar-refractivity contribution in [3.63, 3.8) is 0 Å². The monoisotopic (exact) mass is 265 g/mol. The first-order chi connectivity index (χ1) is 8.99. The molecule has 0 bridgehead atoms.